The van der Waals surface area contributed by atoms with E-state index in [1.54, 1.807) is 11.8 Å². The van der Waals surface area contributed by atoms with Crippen LogP contribution in [0.4, 0.5) is 5.69 Å². The summed E-state index contributed by atoms with van der Waals surface area (Å²) in [4.78, 5) is 20.7. The van der Waals surface area contributed by atoms with Gasteiger partial charge in [-0.3, -0.25) is 4.79 Å². The first-order valence-electron chi connectivity index (χ1n) is 9.45. The molecule has 27 heavy (non-hydrogen) atoms. The molecule has 2 aromatic heterocycles. The maximum atomic E-state index is 13.0. The highest BCUT2D eigenvalue weighted by Gasteiger charge is 2.25. The fourth-order valence-electron chi connectivity index (χ4n) is 4.02. The van der Waals surface area contributed by atoms with E-state index in [2.05, 4.69) is 15.4 Å². The second-order valence-electron chi connectivity index (χ2n) is 7.12. The fourth-order valence-corrected chi connectivity index (χ4v) is 4.02. The van der Waals surface area contributed by atoms with Gasteiger partial charge in [-0.05, 0) is 25.0 Å². The molecule has 0 unspecified atom stereocenters. The number of nitrogens with one attached hydrogen (secondary N) is 2. The van der Waals surface area contributed by atoms with Crippen molar-refractivity contribution in [2.75, 3.05) is 19.5 Å². The molecule has 0 atom stereocenters. The van der Waals surface area contributed by atoms with Crippen LogP contribution in [0.1, 0.15) is 43.7 Å². The van der Waals surface area contributed by atoms with Gasteiger partial charge in [0.25, 0.3) is 5.56 Å². The van der Waals surface area contributed by atoms with Crippen molar-refractivity contribution in [2.45, 2.75) is 38.0 Å². The molecular formula is C20H25N5O2. The summed E-state index contributed by atoms with van der Waals surface area (Å²) in [6, 6.07) is 5.71. The molecular weight excluding hydrogens is 342 g/mol. The number of benzene rings is 1. The van der Waals surface area contributed by atoms with E-state index in [0.717, 1.165) is 29.8 Å². The van der Waals surface area contributed by atoms with Crippen LogP contribution in [0.25, 0.3) is 22.4 Å². The largest absolute Gasteiger partial charge is 0.496 e. The maximum absolute atomic E-state index is 13.0. The van der Waals surface area contributed by atoms with Crippen LogP contribution in [0.15, 0.2) is 23.0 Å². The molecule has 1 aromatic carbocycles. The van der Waals surface area contributed by atoms with Crippen LogP contribution in [0.3, 0.4) is 0 Å². The summed E-state index contributed by atoms with van der Waals surface area (Å²) in [6.45, 7) is 0. The molecule has 1 saturated carbocycles. The summed E-state index contributed by atoms with van der Waals surface area (Å²) < 4.78 is 7.23. The summed E-state index contributed by atoms with van der Waals surface area (Å²) in [7, 11) is 5.31. The lowest BCUT2D eigenvalue weighted by Crippen LogP contribution is -2.13. The van der Waals surface area contributed by atoms with Crippen molar-refractivity contribution >= 4 is 16.7 Å². The molecule has 0 spiro atoms. The minimum Gasteiger partial charge on any atom is -0.496 e. The number of H-pyrrole nitrogens is 1. The first-order chi connectivity index (χ1) is 13.1. The monoisotopic (exact) mass is 367 g/mol. The van der Waals surface area contributed by atoms with Crippen molar-refractivity contribution in [2.24, 2.45) is 7.05 Å². The van der Waals surface area contributed by atoms with Gasteiger partial charge in [-0.15, -0.1) is 0 Å². The molecule has 0 radical (unpaired) electrons. The highest BCUT2D eigenvalue weighted by atomic mass is 16.5. The summed E-state index contributed by atoms with van der Waals surface area (Å²) in [6.07, 6.45) is 5.84. The van der Waals surface area contributed by atoms with E-state index < -0.39 is 0 Å². The maximum Gasteiger partial charge on any atom is 0.262 e. The molecule has 0 amide bonds. The van der Waals surface area contributed by atoms with Gasteiger partial charge in [-0.25, -0.2) is 9.67 Å². The highest BCUT2D eigenvalue weighted by Crippen LogP contribution is 2.35. The normalized spacial score (nSPS) is 15.2. The molecule has 1 aliphatic rings. The SMILES string of the molecule is CNc1ccc(-c2nc3c(c(C4CCCCC4)nn3C)c(=O)[nH]2)c(OC)c1. The Morgan fingerprint density at radius 1 is 1.26 bits per heavy atom. The van der Waals surface area contributed by atoms with E-state index in [1.165, 1.54) is 19.3 Å². The van der Waals surface area contributed by atoms with Crippen molar-refractivity contribution in [1.82, 2.24) is 19.7 Å². The zero-order valence-corrected chi connectivity index (χ0v) is 16.0. The zero-order valence-electron chi connectivity index (χ0n) is 16.0. The fraction of sp³-hybridized carbons (Fsp3) is 0.450. The quantitative estimate of drug-likeness (QED) is 0.738. The van der Waals surface area contributed by atoms with Gasteiger partial charge < -0.3 is 15.0 Å². The molecule has 142 valence electrons. The number of nitrogens with zero attached hydrogens (tertiary/aromatic N) is 3. The van der Waals surface area contributed by atoms with E-state index in [1.807, 2.05) is 32.3 Å². The van der Waals surface area contributed by atoms with Gasteiger partial charge in [0.1, 0.15) is 17.0 Å². The lowest BCUT2D eigenvalue weighted by molar-refractivity contribution is 0.416. The third-order valence-corrected chi connectivity index (χ3v) is 5.46. The molecule has 2 heterocycles. The summed E-state index contributed by atoms with van der Waals surface area (Å²) >= 11 is 0. The molecule has 7 nitrogen and oxygen atoms in total. The van der Waals surface area contributed by atoms with Crippen LogP contribution >= 0.6 is 0 Å². The van der Waals surface area contributed by atoms with Crippen molar-refractivity contribution in [3.05, 3.63) is 34.2 Å². The number of aromatic nitrogens is 4. The van der Waals surface area contributed by atoms with E-state index in [9.17, 15) is 4.79 Å². The Hall–Kier alpha value is -2.83. The summed E-state index contributed by atoms with van der Waals surface area (Å²) in [5.74, 6) is 1.49. The van der Waals surface area contributed by atoms with E-state index >= 15 is 0 Å². The Bertz CT molecular complexity index is 1030. The van der Waals surface area contributed by atoms with E-state index in [0.29, 0.717) is 28.5 Å². The molecule has 7 heteroatoms. The lowest BCUT2D eigenvalue weighted by Gasteiger charge is -2.19. The molecule has 4 rings (SSSR count). The topological polar surface area (TPSA) is 84.8 Å². The molecule has 2 N–H and O–H groups in total. The number of aromatic amines is 1. The number of aryl methyl sites for hydroxylation is 1. The number of methoxy groups -OCH3 is 1. The zero-order chi connectivity index (χ0) is 19.0. The minimum atomic E-state index is -0.136. The van der Waals surface area contributed by atoms with Crippen molar-refractivity contribution in [1.29, 1.82) is 0 Å². The molecule has 0 aliphatic heterocycles. The Morgan fingerprint density at radius 2 is 2.04 bits per heavy atom. The van der Waals surface area contributed by atoms with Gasteiger partial charge >= 0.3 is 0 Å². The number of ether oxygens (including phenoxy) is 1. The van der Waals surface area contributed by atoms with Crippen LogP contribution in [-0.4, -0.2) is 33.9 Å². The van der Waals surface area contributed by atoms with E-state index in [4.69, 9.17) is 9.72 Å². The molecule has 1 fully saturated rings. The third-order valence-electron chi connectivity index (χ3n) is 5.46. The number of hydrogen-bond donors (Lipinski definition) is 2. The average molecular weight is 367 g/mol. The van der Waals surface area contributed by atoms with Crippen molar-refractivity contribution in [3.63, 3.8) is 0 Å². The van der Waals surface area contributed by atoms with Crippen LogP contribution < -0.4 is 15.6 Å². The predicted octanol–water partition coefficient (Wildman–Crippen LogP) is 3.42. The number of rotatable bonds is 4. The Kier molecular flexibility index (Phi) is 4.59. The van der Waals surface area contributed by atoms with Crippen LogP contribution in [-0.2, 0) is 7.05 Å². The van der Waals surface area contributed by atoms with Gasteiger partial charge in [0.2, 0.25) is 0 Å². The van der Waals surface area contributed by atoms with Crippen molar-refractivity contribution < 1.29 is 4.74 Å². The first kappa shape index (κ1) is 17.6. The van der Waals surface area contributed by atoms with Gasteiger partial charge in [0.05, 0.1) is 18.4 Å². The standard InChI is InChI=1S/C20H25N5O2/c1-21-13-9-10-14(15(11-13)27-3)18-22-19-16(20(26)23-18)17(24-25(19)2)12-7-5-4-6-8-12/h9-12,21H,4-8H2,1-3H3,(H,22,23,26). The smallest absolute Gasteiger partial charge is 0.262 e. The minimum absolute atomic E-state index is 0.136. The second-order valence-corrected chi connectivity index (χ2v) is 7.12. The number of fused-ring (bicyclic) bond motifs is 1. The lowest BCUT2D eigenvalue weighted by atomic mass is 9.86. The predicted molar refractivity (Wildman–Crippen MR) is 106 cm³/mol. The van der Waals surface area contributed by atoms with Crippen molar-refractivity contribution in [3.8, 4) is 17.1 Å². The average Bonchev–Trinajstić information content (AvgIpc) is 3.05. The van der Waals surface area contributed by atoms with Crippen LogP contribution in [0.5, 0.6) is 5.75 Å². The van der Waals surface area contributed by atoms with Gasteiger partial charge in [-0.2, -0.15) is 5.10 Å². The first-order valence-corrected chi connectivity index (χ1v) is 9.45. The van der Waals surface area contributed by atoms with Crippen LogP contribution in [0.2, 0.25) is 0 Å². The number of hydrogen-bond acceptors (Lipinski definition) is 5. The van der Waals surface area contributed by atoms with E-state index in [-0.39, 0.29) is 5.56 Å². The summed E-state index contributed by atoms with van der Waals surface area (Å²) in [5.41, 5.74) is 3.05. The molecule has 0 bridgehead atoms. The van der Waals surface area contributed by atoms with Crippen LogP contribution in [0, 0.1) is 0 Å². The van der Waals surface area contributed by atoms with Gasteiger partial charge in [-0.1, -0.05) is 19.3 Å². The third kappa shape index (κ3) is 3.07. The molecule has 0 saturated heterocycles. The van der Waals surface area contributed by atoms with Gasteiger partial charge in [0, 0.05) is 31.8 Å². The molecule has 3 aromatic rings. The Balaban J connectivity index is 1.86. The highest BCUT2D eigenvalue weighted by molar-refractivity contribution is 5.81. The Morgan fingerprint density at radius 3 is 2.74 bits per heavy atom. The Labute approximate surface area is 157 Å². The van der Waals surface area contributed by atoms with Gasteiger partial charge in [0.15, 0.2) is 5.65 Å². The summed E-state index contributed by atoms with van der Waals surface area (Å²) in [5, 5.41) is 8.38. The number of anilines is 1. The molecule has 1 aliphatic carbocycles. The second kappa shape index (κ2) is 7.06.